The summed E-state index contributed by atoms with van der Waals surface area (Å²) in [5.74, 6) is 2.47. The lowest BCUT2D eigenvalue weighted by Gasteiger charge is -2.37. The maximum atomic E-state index is 4.65. The number of nitrogens with one attached hydrogen (secondary N) is 1. The van der Waals surface area contributed by atoms with Gasteiger partial charge in [-0.25, -0.2) is 0 Å². The first-order valence-electron chi connectivity index (χ1n) is 8.69. The number of hydrogen-bond acceptors (Lipinski definition) is 2. The Kier molecular flexibility index (Phi) is 5.48. The Morgan fingerprint density at radius 1 is 1.24 bits per heavy atom. The molecule has 1 N–H and O–H groups in total. The summed E-state index contributed by atoms with van der Waals surface area (Å²) in [6, 6.07) is 0.480. The summed E-state index contributed by atoms with van der Waals surface area (Å²) in [5, 5.41) is 8.48. The fourth-order valence-corrected chi connectivity index (χ4v) is 3.94. The van der Waals surface area contributed by atoms with E-state index in [1.54, 1.807) is 0 Å². The summed E-state index contributed by atoms with van der Waals surface area (Å²) < 4.78 is 2.04. The molecular weight excluding hydrogens is 258 g/mol. The molecule has 1 heterocycles. The van der Waals surface area contributed by atoms with Gasteiger partial charge in [0, 0.05) is 24.3 Å². The second-order valence-electron chi connectivity index (χ2n) is 7.17. The van der Waals surface area contributed by atoms with E-state index in [2.05, 4.69) is 52.1 Å². The molecule has 0 aromatic carbocycles. The Balaban J connectivity index is 2.26. The minimum absolute atomic E-state index is 0.480. The van der Waals surface area contributed by atoms with Crippen molar-refractivity contribution >= 4 is 0 Å². The van der Waals surface area contributed by atoms with Crippen LogP contribution < -0.4 is 5.32 Å². The molecule has 21 heavy (non-hydrogen) atoms. The van der Waals surface area contributed by atoms with Crippen LogP contribution in [0.3, 0.4) is 0 Å². The van der Waals surface area contributed by atoms with Crippen LogP contribution in [0.25, 0.3) is 0 Å². The minimum atomic E-state index is 0.480. The van der Waals surface area contributed by atoms with Gasteiger partial charge in [-0.2, -0.15) is 5.10 Å². The van der Waals surface area contributed by atoms with Gasteiger partial charge in [0.1, 0.15) is 0 Å². The molecule has 1 saturated carbocycles. The second kappa shape index (κ2) is 6.95. The van der Waals surface area contributed by atoms with Crippen LogP contribution in [0.5, 0.6) is 0 Å². The third-order valence-corrected chi connectivity index (χ3v) is 5.60. The van der Waals surface area contributed by atoms with Crippen LogP contribution in [-0.2, 0) is 7.05 Å². The summed E-state index contributed by atoms with van der Waals surface area (Å²) in [7, 11) is 2.06. The van der Waals surface area contributed by atoms with Gasteiger partial charge in [0.15, 0.2) is 0 Å². The molecule has 0 aliphatic heterocycles. The second-order valence-corrected chi connectivity index (χ2v) is 7.17. The third-order valence-electron chi connectivity index (χ3n) is 5.60. The molecule has 4 unspecified atom stereocenters. The average Bonchev–Trinajstić information content (AvgIpc) is 2.69. The van der Waals surface area contributed by atoms with Gasteiger partial charge in [-0.3, -0.25) is 4.68 Å². The standard InChI is InChI=1S/C18H33N3/c1-7-10-19-18(16-9-8-12(2)13(3)11-16)17-14(4)20-21(6)15(17)5/h12-13,16,18-19H,7-11H2,1-6H3. The normalized spacial score (nSPS) is 27.8. The van der Waals surface area contributed by atoms with Gasteiger partial charge in [0.2, 0.25) is 0 Å². The van der Waals surface area contributed by atoms with Crippen LogP contribution in [0.2, 0.25) is 0 Å². The van der Waals surface area contributed by atoms with Gasteiger partial charge in [-0.05, 0) is 57.4 Å². The van der Waals surface area contributed by atoms with E-state index in [4.69, 9.17) is 0 Å². The molecule has 1 aliphatic carbocycles. The summed E-state index contributed by atoms with van der Waals surface area (Å²) in [5.41, 5.74) is 3.99. The largest absolute Gasteiger partial charge is 0.310 e. The molecule has 0 saturated heterocycles. The van der Waals surface area contributed by atoms with Crippen LogP contribution in [0, 0.1) is 31.6 Å². The fourth-order valence-electron chi connectivity index (χ4n) is 3.94. The molecule has 3 heteroatoms. The van der Waals surface area contributed by atoms with Gasteiger partial charge in [-0.15, -0.1) is 0 Å². The summed E-state index contributed by atoms with van der Waals surface area (Å²) in [4.78, 5) is 0. The van der Waals surface area contributed by atoms with Crippen molar-refractivity contribution in [3.63, 3.8) is 0 Å². The first kappa shape index (κ1) is 16.5. The summed E-state index contributed by atoms with van der Waals surface area (Å²) in [6.45, 7) is 12.6. The van der Waals surface area contributed by atoms with E-state index in [0.717, 1.165) is 24.3 Å². The van der Waals surface area contributed by atoms with Gasteiger partial charge >= 0.3 is 0 Å². The maximum absolute atomic E-state index is 4.65. The van der Waals surface area contributed by atoms with Crippen molar-refractivity contribution < 1.29 is 0 Å². The van der Waals surface area contributed by atoms with Crippen LogP contribution in [0.15, 0.2) is 0 Å². The number of hydrogen-bond donors (Lipinski definition) is 1. The Morgan fingerprint density at radius 2 is 1.95 bits per heavy atom. The van der Waals surface area contributed by atoms with Gasteiger partial charge < -0.3 is 5.32 Å². The van der Waals surface area contributed by atoms with Gasteiger partial charge in [0.25, 0.3) is 0 Å². The van der Waals surface area contributed by atoms with Crippen LogP contribution >= 0.6 is 0 Å². The number of aromatic nitrogens is 2. The van der Waals surface area contributed by atoms with Crippen LogP contribution in [0.4, 0.5) is 0 Å². The molecule has 0 amide bonds. The predicted octanol–water partition coefficient (Wildman–Crippen LogP) is 4.15. The Labute approximate surface area is 130 Å². The first-order chi connectivity index (χ1) is 9.95. The minimum Gasteiger partial charge on any atom is -0.310 e. The number of nitrogens with zero attached hydrogens (tertiary/aromatic N) is 2. The highest BCUT2D eigenvalue weighted by atomic mass is 15.3. The van der Waals surface area contributed by atoms with E-state index >= 15 is 0 Å². The topological polar surface area (TPSA) is 29.9 Å². The van der Waals surface area contributed by atoms with Crippen LogP contribution in [0.1, 0.15) is 69.4 Å². The predicted molar refractivity (Wildman–Crippen MR) is 89.4 cm³/mol. The molecule has 1 fully saturated rings. The zero-order valence-electron chi connectivity index (χ0n) is 14.7. The molecular formula is C18H33N3. The lowest BCUT2D eigenvalue weighted by atomic mass is 9.71. The Morgan fingerprint density at radius 3 is 2.48 bits per heavy atom. The van der Waals surface area contributed by atoms with E-state index in [1.807, 2.05) is 4.68 Å². The molecule has 4 atom stereocenters. The highest BCUT2D eigenvalue weighted by molar-refractivity contribution is 5.29. The molecule has 0 spiro atoms. The van der Waals surface area contributed by atoms with E-state index in [-0.39, 0.29) is 0 Å². The zero-order valence-corrected chi connectivity index (χ0v) is 14.7. The average molecular weight is 291 g/mol. The maximum Gasteiger partial charge on any atom is 0.0644 e. The fraction of sp³-hybridized carbons (Fsp3) is 0.833. The quantitative estimate of drug-likeness (QED) is 0.883. The summed E-state index contributed by atoms with van der Waals surface area (Å²) >= 11 is 0. The van der Waals surface area contributed by atoms with Crippen LogP contribution in [-0.4, -0.2) is 16.3 Å². The van der Waals surface area contributed by atoms with Crippen molar-refractivity contribution in [2.45, 2.75) is 66.3 Å². The van der Waals surface area contributed by atoms with E-state index < -0.39 is 0 Å². The molecule has 1 aliphatic rings. The monoisotopic (exact) mass is 291 g/mol. The number of rotatable bonds is 5. The third kappa shape index (κ3) is 3.50. The van der Waals surface area contributed by atoms with Crippen molar-refractivity contribution in [2.24, 2.45) is 24.8 Å². The Bertz CT molecular complexity index is 463. The molecule has 1 aromatic rings. The van der Waals surface area contributed by atoms with Crippen molar-refractivity contribution in [1.82, 2.24) is 15.1 Å². The number of aryl methyl sites for hydroxylation is 2. The van der Waals surface area contributed by atoms with E-state index in [1.165, 1.54) is 42.6 Å². The summed E-state index contributed by atoms with van der Waals surface area (Å²) in [6.07, 6.45) is 5.25. The first-order valence-corrected chi connectivity index (χ1v) is 8.69. The van der Waals surface area contributed by atoms with Crippen molar-refractivity contribution in [1.29, 1.82) is 0 Å². The highest BCUT2D eigenvalue weighted by Gasteiger charge is 2.33. The van der Waals surface area contributed by atoms with E-state index in [9.17, 15) is 0 Å². The van der Waals surface area contributed by atoms with Crippen molar-refractivity contribution in [3.05, 3.63) is 17.0 Å². The molecule has 120 valence electrons. The van der Waals surface area contributed by atoms with Gasteiger partial charge in [-0.1, -0.05) is 27.2 Å². The smallest absolute Gasteiger partial charge is 0.0644 e. The molecule has 2 rings (SSSR count). The molecule has 3 nitrogen and oxygen atoms in total. The molecule has 1 aromatic heterocycles. The van der Waals surface area contributed by atoms with Crippen molar-refractivity contribution in [3.8, 4) is 0 Å². The Hall–Kier alpha value is -0.830. The molecule has 0 bridgehead atoms. The highest BCUT2D eigenvalue weighted by Crippen LogP contribution is 2.41. The van der Waals surface area contributed by atoms with Gasteiger partial charge in [0.05, 0.1) is 5.69 Å². The molecule has 0 radical (unpaired) electrons. The lowest BCUT2D eigenvalue weighted by Crippen LogP contribution is -2.34. The zero-order chi connectivity index (χ0) is 15.6. The SMILES string of the molecule is CCCNC(c1c(C)nn(C)c1C)C1CCC(C)C(C)C1. The van der Waals surface area contributed by atoms with Crippen molar-refractivity contribution in [2.75, 3.05) is 6.54 Å². The van der Waals surface area contributed by atoms with E-state index in [0.29, 0.717) is 6.04 Å². The lowest BCUT2D eigenvalue weighted by molar-refractivity contribution is 0.170.